The fraction of sp³-hybridized carbons (Fsp3) is 0.347. The molecule has 0 fully saturated rings. The molecule has 13 nitrogen and oxygen atoms in total. The summed E-state index contributed by atoms with van der Waals surface area (Å²) >= 11 is 1.55. The van der Waals surface area contributed by atoms with Crippen molar-refractivity contribution in [1.29, 1.82) is 5.26 Å². The maximum Gasteiger partial charge on any atom is 0.344 e. The van der Waals surface area contributed by atoms with E-state index in [1.165, 1.54) is 13.2 Å². The summed E-state index contributed by atoms with van der Waals surface area (Å²) in [6, 6.07) is 36.3. The first kappa shape index (κ1) is 49.3. The minimum absolute atomic E-state index is 0.0393. The van der Waals surface area contributed by atoms with Gasteiger partial charge in [0.05, 0.1) is 43.6 Å². The van der Waals surface area contributed by atoms with Gasteiger partial charge in [-0.3, -0.25) is 14.7 Å². The van der Waals surface area contributed by atoms with Crippen LogP contribution in [0.2, 0.25) is 0 Å². The predicted molar refractivity (Wildman–Crippen MR) is 251 cm³/mol. The van der Waals surface area contributed by atoms with Crippen molar-refractivity contribution in [3.05, 3.63) is 155 Å². The van der Waals surface area contributed by atoms with Crippen LogP contribution in [0.15, 0.2) is 137 Å². The van der Waals surface area contributed by atoms with E-state index in [0.717, 1.165) is 21.6 Å². The van der Waals surface area contributed by atoms with Gasteiger partial charge in [-0.1, -0.05) is 72.8 Å². The Balaban J connectivity index is 1.65. The van der Waals surface area contributed by atoms with E-state index in [2.05, 4.69) is 23.2 Å². The first-order chi connectivity index (χ1) is 30.8. The van der Waals surface area contributed by atoms with Crippen LogP contribution in [0.5, 0.6) is 11.5 Å². The molecule has 1 amide bonds. The Kier molecular flexibility index (Phi) is 17.6. The van der Waals surface area contributed by atoms with Crippen molar-refractivity contribution in [3.8, 4) is 17.6 Å². The summed E-state index contributed by atoms with van der Waals surface area (Å²) in [5, 5.41) is 21.8. The molecule has 338 valence electrons. The van der Waals surface area contributed by atoms with Gasteiger partial charge in [-0.05, 0) is 94.6 Å². The Hall–Kier alpha value is -5.68. The standard InChI is InChI=1S/C49H57N4O9PS/c1-34(2)53(35(3)4)63(59-30-16-29-50)62-44-43(55)46(52(33-54)31-36(5)45(51-7)60-47(56)37-17-12-10-13-18-37)61-48(44,6)32-64-49(38-19-14-11-15-20-38,39-21-25-41(57-8)26-22-39)40-23-27-42(58-9)28-24-40/h10-15,17-28,31,33-35,46,55H,16,30,32H2,1-9H3/b36-31-,51-45?. The number of ether oxygens (including phenoxy) is 4. The van der Waals surface area contributed by atoms with Crippen molar-refractivity contribution in [2.75, 3.05) is 33.6 Å². The molecular weight excluding hydrogens is 852 g/mol. The van der Waals surface area contributed by atoms with Crippen molar-refractivity contribution in [3.63, 3.8) is 0 Å². The van der Waals surface area contributed by atoms with Crippen molar-refractivity contribution in [1.82, 2.24) is 9.57 Å². The van der Waals surface area contributed by atoms with Gasteiger partial charge in [0.2, 0.25) is 12.3 Å². The largest absolute Gasteiger partial charge is 0.505 e. The van der Waals surface area contributed by atoms with Crippen LogP contribution < -0.4 is 9.47 Å². The fourth-order valence-corrected chi connectivity index (χ4v) is 10.6. The lowest BCUT2D eigenvalue weighted by atomic mass is 9.84. The molecule has 1 N–H and O–H groups in total. The number of amides is 1. The smallest absolute Gasteiger partial charge is 0.344 e. The highest BCUT2D eigenvalue weighted by Crippen LogP contribution is 2.56. The number of thioether (sulfide) groups is 1. The second-order valence-corrected chi connectivity index (χ2v) is 18.1. The summed E-state index contributed by atoms with van der Waals surface area (Å²) in [6.07, 6.45) is 0.629. The van der Waals surface area contributed by atoms with Crippen LogP contribution in [0.25, 0.3) is 0 Å². The fourth-order valence-electron chi connectivity index (χ4n) is 7.32. The topological polar surface area (TPSA) is 152 Å². The van der Waals surface area contributed by atoms with Crippen LogP contribution in [0.4, 0.5) is 0 Å². The molecule has 0 bridgehead atoms. The highest BCUT2D eigenvalue weighted by Gasteiger charge is 2.52. The number of esters is 1. The Morgan fingerprint density at radius 3 is 1.94 bits per heavy atom. The van der Waals surface area contributed by atoms with Crippen LogP contribution in [0, 0.1) is 11.3 Å². The summed E-state index contributed by atoms with van der Waals surface area (Å²) in [4.78, 5) is 31.5. The normalized spacial score (nSPS) is 17.3. The maximum absolute atomic E-state index is 13.1. The second kappa shape index (κ2) is 22.8. The SMILES string of the molecule is CN=C(OC(=O)c1ccccc1)/C(C)=C\N(C=O)C1OC(C)(CSC(c2ccccc2)(c2ccc(OC)cc2)c2ccc(OC)cc2)C(OP(OCCC#N)N(C(C)C)C(C)C)=C1O. The number of nitriles is 1. The van der Waals surface area contributed by atoms with E-state index in [9.17, 15) is 20.0 Å². The Labute approximate surface area is 382 Å². The zero-order valence-electron chi connectivity index (χ0n) is 37.8. The zero-order valence-corrected chi connectivity index (χ0v) is 39.5. The molecule has 4 aromatic carbocycles. The first-order valence-corrected chi connectivity index (χ1v) is 22.9. The minimum Gasteiger partial charge on any atom is -0.505 e. The monoisotopic (exact) mass is 908 g/mol. The van der Waals surface area contributed by atoms with Gasteiger partial charge in [0.25, 0.3) is 0 Å². The molecule has 3 atom stereocenters. The molecule has 3 unspecified atom stereocenters. The molecule has 0 aromatic heterocycles. The maximum atomic E-state index is 13.1. The molecule has 1 heterocycles. The summed E-state index contributed by atoms with van der Waals surface area (Å²) < 4.78 is 38.0. The molecule has 15 heteroatoms. The Morgan fingerprint density at radius 1 is 0.922 bits per heavy atom. The average Bonchev–Trinajstić information content (AvgIpc) is 3.55. The second-order valence-electron chi connectivity index (χ2n) is 15.5. The summed E-state index contributed by atoms with van der Waals surface area (Å²) in [5.74, 6) is 0.565. The van der Waals surface area contributed by atoms with E-state index in [-0.39, 0.29) is 48.3 Å². The lowest BCUT2D eigenvalue weighted by Crippen LogP contribution is -2.40. The molecule has 0 aliphatic carbocycles. The Morgan fingerprint density at radius 2 is 1.45 bits per heavy atom. The average molecular weight is 909 g/mol. The van der Waals surface area contributed by atoms with Crippen LogP contribution in [-0.2, 0) is 28.1 Å². The van der Waals surface area contributed by atoms with Crippen molar-refractivity contribution in [2.45, 2.75) is 76.6 Å². The number of aliphatic imine (C=N–C) groups is 1. The quantitative estimate of drug-likeness (QED) is 0.0161. The highest BCUT2D eigenvalue weighted by molar-refractivity contribution is 8.00. The number of carbonyl (C=O) groups excluding carboxylic acids is 2. The number of nitrogens with zero attached hydrogens (tertiary/aromatic N) is 4. The van der Waals surface area contributed by atoms with E-state index in [1.54, 1.807) is 70.2 Å². The summed E-state index contributed by atoms with van der Waals surface area (Å²) in [7, 11) is 2.76. The predicted octanol–water partition coefficient (Wildman–Crippen LogP) is 10.2. The van der Waals surface area contributed by atoms with Crippen molar-refractivity contribution in [2.24, 2.45) is 4.99 Å². The third kappa shape index (κ3) is 11.3. The van der Waals surface area contributed by atoms with Crippen LogP contribution >= 0.6 is 20.3 Å². The lowest BCUT2D eigenvalue weighted by molar-refractivity contribution is -0.131. The van der Waals surface area contributed by atoms with Gasteiger partial charge in [-0.15, -0.1) is 11.8 Å². The van der Waals surface area contributed by atoms with E-state index in [1.807, 2.05) is 99.1 Å². The highest BCUT2D eigenvalue weighted by atomic mass is 32.2. The number of methoxy groups -OCH3 is 2. The molecule has 1 aliphatic heterocycles. The van der Waals surface area contributed by atoms with Gasteiger partial charge in [-0.25, -0.2) is 9.46 Å². The Bertz CT molecular complexity index is 2250. The molecule has 0 saturated carbocycles. The van der Waals surface area contributed by atoms with E-state index in [4.69, 9.17) is 28.0 Å². The number of hydrogen-bond donors (Lipinski definition) is 1. The van der Waals surface area contributed by atoms with Gasteiger partial charge in [0, 0.05) is 36.7 Å². The lowest BCUT2D eigenvalue weighted by Gasteiger charge is -2.40. The number of aliphatic hydroxyl groups is 1. The molecule has 64 heavy (non-hydrogen) atoms. The number of benzene rings is 4. The number of aliphatic hydroxyl groups excluding tert-OH is 1. The van der Waals surface area contributed by atoms with Crippen LogP contribution in [-0.4, -0.2) is 90.5 Å². The van der Waals surface area contributed by atoms with Crippen molar-refractivity contribution >= 4 is 38.6 Å². The van der Waals surface area contributed by atoms with Gasteiger partial charge in [-0.2, -0.15) is 5.26 Å². The summed E-state index contributed by atoms with van der Waals surface area (Å²) in [6.45, 7) is 11.6. The number of rotatable bonds is 21. The molecule has 5 rings (SSSR count). The van der Waals surface area contributed by atoms with E-state index >= 15 is 0 Å². The first-order valence-electron chi connectivity index (χ1n) is 20.8. The molecule has 0 saturated heterocycles. The van der Waals surface area contributed by atoms with E-state index in [0.29, 0.717) is 29.0 Å². The molecule has 0 radical (unpaired) electrons. The molecular formula is C49H57N4O9PS. The van der Waals surface area contributed by atoms with Gasteiger partial charge < -0.3 is 33.1 Å². The number of hydrogen-bond acceptors (Lipinski definition) is 13. The minimum atomic E-state index is -1.95. The van der Waals surface area contributed by atoms with Gasteiger partial charge in [0.15, 0.2) is 17.7 Å². The molecule has 4 aromatic rings. The van der Waals surface area contributed by atoms with Gasteiger partial charge >= 0.3 is 14.5 Å². The van der Waals surface area contributed by atoms with Gasteiger partial charge in [0.1, 0.15) is 17.1 Å². The molecule has 1 aliphatic rings. The summed E-state index contributed by atoms with van der Waals surface area (Å²) in [5.41, 5.74) is 2.01. The zero-order chi connectivity index (χ0) is 46.4. The van der Waals surface area contributed by atoms with Crippen molar-refractivity contribution < 1.29 is 42.7 Å². The third-order valence-corrected chi connectivity index (χ3v) is 14.2. The number of carbonyl (C=O) groups is 2. The third-order valence-electron chi connectivity index (χ3n) is 10.4. The molecule has 0 spiro atoms. The van der Waals surface area contributed by atoms with Crippen LogP contribution in [0.1, 0.15) is 75.0 Å². The van der Waals surface area contributed by atoms with E-state index < -0.39 is 31.1 Å². The van der Waals surface area contributed by atoms with Crippen LogP contribution in [0.3, 0.4) is 0 Å².